The zero-order valence-corrected chi connectivity index (χ0v) is 13.4. The zero-order valence-electron chi connectivity index (χ0n) is 13.4. The Kier molecular flexibility index (Phi) is 6.46. The van der Waals surface area contributed by atoms with Gasteiger partial charge in [0.05, 0.1) is 12.5 Å². The molecule has 5 heteroatoms. The number of terminal acetylenes is 1. The predicted octanol–water partition coefficient (Wildman–Crippen LogP) is 2.49. The first-order valence-corrected chi connectivity index (χ1v) is 7.17. The van der Waals surface area contributed by atoms with Crippen LogP contribution in [0.4, 0.5) is 0 Å². The van der Waals surface area contributed by atoms with Crippen molar-refractivity contribution in [2.24, 2.45) is 0 Å². The van der Waals surface area contributed by atoms with Crippen molar-refractivity contribution in [3.63, 3.8) is 0 Å². The third-order valence-electron chi connectivity index (χ3n) is 3.26. The van der Waals surface area contributed by atoms with Gasteiger partial charge in [0.15, 0.2) is 17.3 Å². The van der Waals surface area contributed by atoms with Gasteiger partial charge in [0.1, 0.15) is 0 Å². The summed E-state index contributed by atoms with van der Waals surface area (Å²) in [5.74, 6) is 3.01. The second-order valence-electron chi connectivity index (χ2n) is 4.49. The third-order valence-corrected chi connectivity index (χ3v) is 3.26. The van der Waals surface area contributed by atoms with Gasteiger partial charge in [-0.15, -0.1) is 6.42 Å². The molecule has 0 bridgehead atoms. The smallest absolute Gasteiger partial charge is 0.234 e. The second-order valence-corrected chi connectivity index (χ2v) is 4.49. The highest BCUT2D eigenvalue weighted by atomic mass is 16.7. The zero-order chi connectivity index (χ0) is 16.7. The molecule has 0 N–H and O–H groups in total. The summed E-state index contributed by atoms with van der Waals surface area (Å²) in [6.07, 6.45) is 5.08. The van der Waals surface area contributed by atoms with Gasteiger partial charge in [-0.1, -0.05) is 19.8 Å². The molecule has 2 rings (SSSR count). The van der Waals surface area contributed by atoms with Crippen molar-refractivity contribution in [2.45, 2.75) is 33.2 Å². The van der Waals surface area contributed by atoms with E-state index in [1.165, 1.54) is 4.90 Å². The number of nitrogens with zero attached hydrogens (tertiary/aromatic N) is 1. The van der Waals surface area contributed by atoms with Crippen molar-refractivity contribution in [3.05, 3.63) is 23.8 Å². The normalized spacial score (nSPS) is 12.5. The lowest BCUT2D eigenvalue weighted by atomic mass is 10.0. The number of fused-ring (bicyclic) bond motifs is 1. The molecule has 1 heterocycles. The Morgan fingerprint density at radius 2 is 1.95 bits per heavy atom. The number of likely N-dealkylation sites (N-methyl/N-ethyl adjacent to an activating group) is 1. The summed E-state index contributed by atoms with van der Waals surface area (Å²) in [7, 11) is 1.56. The van der Waals surface area contributed by atoms with Gasteiger partial charge < -0.3 is 14.4 Å². The van der Waals surface area contributed by atoms with Crippen LogP contribution in [-0.2, 0) is 4.79 Å². The predicted molar refractivity (Wildman–Crippen MR) is 83.9 cm³/mol. The first-order chi connectivity index (χ1) is 10.5. The van der Waals surface area contributed by atoms with Crippen LogP contribution in [-0.4, -0.2) is 36.5 Å². The van der Waals surface area contributed by atoms with Crippen LogP contribution >= 0.6 is 0 Å². The Labute approximate surface area is 131 Å². The fourth-order valence-corrected chi connectivity index (χ4v) is 1.89. The number of benzene rings is 1. The Morgan fingerprint density at radius 3 is 2.59 bits per heavy atom. The number of carbonyl (C=O) groups excluding carboxylic acids is 2. The van der Waals surface area contributed by atoms with Crippen molar-refractivity contribution in [1.82, 2.24) is 4.90 Å². The molecule has 118 valence electrons. The number of Topliss-reactive ketones (excluding diaryl/α,β-unsaturated/α-hetero) is 1. The second kappa shape index (κ2) is 8.08. The van der Waals surface area contributed by atoms with Gasteiger partial charge in [-0.05, 0) is 25.1 Å². The van der Waals surface area contributed by atoms with Gasteiger partial charge in [-0.2, -0.15) is 0 Å². The number of rotatable bonds is 4. The average Bonchev–Trinajstić information content (AvgIpc) is 3.02. The first kappa shape index (κ1) is 17.6. The van der Waals surface area contributed by atoms with Crippen molar-refractivity contribution in [3.8, 4) is 23.8 Å². The summed E-state index contributed by atoms with van der Waals surface area (Å²) < 4.78 is 10.4. The van der Waals surface area contributed by atoms with Crippen LogP contribution in [0.2, 0.25) is 0 Å². The molecule has 0 saturated carbocycles. The Balaban J connectivity index is 0.00000116. The van der Waals surface area contributed by atoms with Crippen LogP contribution in [0.15, 0.2) is 18.2 Å². The van der Waals surface area contributed by atoms with E-state index in [2.05, 4.69) is 5.92 Å². The molecule has 22 heavy (non-hydrogen) atoms. The van der Waals surface area contributed by atoms with Crippen LogP contribution in [0.3, 0.4) is 0 Å². The van der Waals surface area contributed by atoms with Crippen LogP contribution < -0.4 is 9.47 Å². The van der Waals surface area contributed by atoms with Crippen molar-refractivity contribution < 1.29 is 19.1 Å². The van der Waals surface area contributed by atoms with E-state index in [9.17, 15) is 9.59 Å². The summed E-state index contributed by atoms with van der Waals surface area (Å²) in [6.45, 7) is 5.82. The molecule has 0 aliphatic carbocycles. The van der Waals surface area contributed by atoms with Crippen molar-refractivity contribution >= 4 is 11.7 Å². The van der Waals surface area contributed by atoms with Crippen molar-refractivity contribution in [2.75, 3.05) is 13.8 Å². The van der Waals surface area contributed by atoms with E-state index in [-0.39, 0.29) is 24.9 Å². The molecular formula is C17H21NO4. The standard InChI is InChI=1S/C15H15NO4.C2H6/c1-4-5-14(17)16(3)10(2)15(18)11-6-7-12-13(8-11)20-9-19-12;1-2/h1,6-8,10H,5,9H2,2-3H3;1-2H3. The fourth-order valence-electron chi connectivity index (χ4n) is 1.89. The monoisotopic (exact) mass is 303 g/mol. The highest BCUT2D eigenvalue weighted by Gasteiger charge is 2.24. The maximum absolute atomic E-state index is 12.4. The molecule has 1 aromatic rings. The van der Waals surface area contributed by atoms with E-state index in [0.29, 0.717) is 17.1 Å². The first-order valence-electron chi connectivity index (χ1n) is 7.17. The highest BCUT2D eigenvalue weighted by Crippen LogP contribution is 2.32. The lowest BCUT2D eigenvalue weighted by Gasteiger charge is -2.23. The van der Waals surface area contributed by atoms with Gasteiger partial charge in [-0.3, -0.25) is 9.59 Å². The fraction of sp³-hybridized carbons (Fsp3) is 0.412. The topological polar surface area (TPSA) is 55.8 Å². The van der Waals surface area contributed by atoms with E-state index in [0.717, 1.165) is 0 Å². The molecule has 5 nitrogen and oxygen atoms in total. The molecule has 0 fully saturated rings. The summed E-state index contributed by atoms with van der Waals surface area (Å²) in [5, 5.41) is 0. The molecule has 1 amide bonds. The number of hydrogen-bond donors (Lipinski definition) is 0. The van der Waals surface area contributed by atoms with Crippen molar-refractivity contribution in [1.29, 1.82) is 0 Å². The molecule has 1 unspecified atom stereocenters. The molecule has 0 aromatic heterocycles. The minimum atomic E-state index is -0.587. The largest absolute Gasteiger partial charge is 0.454 e. The highest BCUT2D eigenvalue weighted by molar-refractivity contribution is 6.02. The van der Waals surface area contributed by atoms with Gasteiger partial charge in [0, 0.05) is 12.6 Å². The van der Waals surface area contributed by atoms with Gasteiger partial charge in [-0.25, -0.2) is 0 Å². The number of amides is 1. The lowest BCUT2D eigenvalue weighted by molar-refractivity contribution is -0.129. The van der Waals surface area contributed by atoms with Crippen LogP contribution in [0.1, 0.15) is 37.6 Å². The lowest BCUT2D eigenvalue weighted by Crippen LogP contribution is -2.40. The Hall–Kier alpha value is -2.48. The van der Waals surface area contributed by atoms with Crippen LogP contribution in [0, 0.1) is 12.3 Å². The molecule has 1 atom stereocenters. The quantitative estimate of drug-likeness (QED) is 0.633. The Bertz CT molecular complexity index is 589. The van der Waals surface area contributed by atoms with Crippen LogP contribution in [0.5, 0.6) is 11.5 Å². The number of carbonyl (C=O) groups is 2. The maximum Gasteiger partial charge on any atom is 0.234 e. The van der Waals surface area contributed by atoms with E-state index >= 15 is 0 Å². The molecule has 0 radical (unpaired) electrons. The SMILES string of the molecule is C#CCC(=O)N(C)C(C)C(=O)c1ccc2c(c1)OCO2.CC. The van der Waals surface area contributed by atoms with Gasteiger partial charge >= 0.3 is 0 Å². The van der Waals surface area contributed by atoms with Gasteiger partial charge in [0.2, 0.25) is 12.7 Å². The molecule has 0 spiro atoms. The van der Waals surface area contributed by atoms with Crippen LogP contribution in [0.25, 0.3) is 0 Å². The molecule has 0 saturated heterocycles. The minimum absolute atomic E-state index is 0.0186. The van der Waals surface area contributed by atoms with E-state index in [4.69, 9.17) is 15.9 Å². The third kappa shape index (κ3) is 3.79. The molecule has 1 aromatic carbocycles. The summed E-state index contributed by atoms with van der Waals surface area (Å²) in [5.41, 5.74) is 0.474. The molecular weight excluding hydrogens is 282 g/mol. The van der Waals surface area contributed by atoms with E-state index in [1.54, 1.807) is 32.2 Å². The minimum Gasteiger partial charge on any atom is -0.454 e. The number of ether oxygens (including phenoxy) is 2. The number of ketones is 1. The average molecular weight is 303 g/mol. The van der Waals surface area contributed by atoms with E-state index in [1.807, 2.05) is 13.8 Å². The molecule has 1 aliphatic rings. The maximum atomic E-state index is 12.4. The van der Waals surface area contributed by atoms with E-state index < -0.39 is 6.04 Å². The van der Waals surface area contributed by atoms with Gasteiger partial charge in [0.25, 0.3) is 0 Å². The molecule has 1 aliphatic heterocycles. The summed E-state index contributed by atoms with van der Waals surface area (Å²) in [4.78, 5) is 25.4. The summed E-state index contributed by atoms with van der Waals surface area (Å²) in [6, 6.07) is 4.38. The number of hydrogen-bond acceptors (Lipinski definition) is 4. The Morgan fingerprint density at radius 1 is 1.32 bits per heavy atom. The summed E-state index contributed by atoms with van der Waals surface area (Å²) >= 11 is 0.